The van der Waals surface area contributed by atoms with Gasteiger partial charge in [0.2, 0.25) is 0 Å². The van der Waals surface area contributed by atoms with Crippen LogP contribution in [0.2, 0.25) is 0 Å². The zero-order valence-corrected chi connectivity index (χ0v) is 16.8. The maximum Gasteiger partial charge on any atom is 0.253 e. The van der Waals surface area contributed by atoms with Crippen molar-refractivity contribution in [2.45, 2.75) is 26.5 Å². The number of nitrogens with zero attached hydrogens (tertiary/aromatic N) is 1. The van der Waals surface area contributed by atoms with Crippen molar-refractivity contribution in [2.24, 2.45) is 0 Å². The lowest BCUT2D eigenvalue weighted by Gasteiger charge is -2.10. The number of nitrogens with one attached hydrogen (secondary N) is 1. The van der Waals surface area contributed by atoms with Gasteiger partial charge in [-0.1, -0.05) is 52.3 Å². The minimum atomic E-state index is -0.494. The van der Waals surface area contributed by atoms with E-state index in [9.17, 15) is 9.90 Å². The van der Waals surface area contributed by atoms with E-state index < -0.39 is 6.10 Å². The average Bonchev–Trinajstić information content (AvgIpc) is 2.66. The smallest absolute Gasteiger partial charge is 0.253 e. The molecule has 27 heavy (non-hydrogen) atoms. The molecule has 0 aliphatic rings. The summed E-state index contributed by atoms with van der Waals surface area (Å²) in [5.41, 5.74) is 4.91. The summed E-state index contributed by atoms with van der Waals surface area (Å²) in [5, 5.41) is 12.5. The molecule has 138 valence electrons. The number of rotatable bonds is 5. The molecule has 0 aliphatic heterocycles. The number of aliphatic hydroxyl groups is 1. The first-order valence-corrected chi connectivity index (χ1v) is 9.52. The molecule has 2 N–H and O–H groups in total. The van der Waals surface area contributed by atoms with Crippen LogP contribution in [0.5, 0.6) is 0 Å². The van der Waals surface area contributed by atoms with Gasteiger partial charge in [0.25, 0.3) is 5.91 Å². The van der Waals surface area contributed by atoms with Crippen LogP contribution in [0.1, 0.15) is 40.2 Å². The number of amides is 1. The van der Waals surface area contributed by atoms with Gasteiger partial charge in [0.15, 0.2) is 0 Å². The molecule has 3 aromatic rings. The predicted octanol–water partition coefficient (Wildman–Crippen LogP) is 4.80. The third-order valence-corrected chi connectivity index (χ3v) is 4.86. The first-order chi connectivity index (χ1) is 12.9. The summed E-state index contributed by atoms with van der Waals surface area (Å²) in [6.45, 7) is 3.99. The third-order valence-electron chi connectivity index (χ3n) is 4.37. The standard InChI is InChI=1S/C22H21BrN2O2/c1-14-20(10-11-21(25-14)18-4-3-5-19(23)12-18)22(27)24-13-16-6-8-17(9-7-16)15(2)26/h3-12,15,26H,13H2,1-2H3,(H,24,27)/t15-/m0/s1. The fraction of sp³-hybridized carbons (Fsp3) is 0.182. The van der Waals surface area contributed by atoms with Gasteiger partial charge in [0.1, 0.15) is 0 Å². The normalized spacial score (nSPS) is 11.9. The van der Waals surface area contributed by atoms with Crippen LogP contribution < -0.4 is 5.32 Å². The van der Waals surface area contributed by atoms with Crippen LogP contribution in [0.25, 0.3) is 11.3 Å². The summed E-state index contributed by atoms with van der Waals surface area (Å²) in [4.78, 5) is 17.1. The highest BCUT2D eigenvalue weighted by atomic mass is 79.9. The van der Waals surface area contributed by atoms with Crippen LogP contribution in [0.3, 0.4) is 0 Å². The second-order valence-electron chi connectivity index (χ2n) is 6.44. The number of aromatic nitrogens is 1. The molecule has 0 fully saturated rings. The van der Waals surface area contributed by atoms with Crippen molar-refractivity contribution in [1.29, 1.82) is 0 Å². The van der Waals surface area contributed by atoms with Crippen LogP contribution in [0, 0.1) is 6.92 Å². The number of carbonyl (C=O) groups excluding carboxylic acids is 1. The topological polar surface area (TPSA) is 62.2 Å². The minimum Gasteiger partial charge on any atom is -0.389 e. The van der Waals surface area contributed by atoms with Gasteiger partial charge in [0, 0.05) is 16.6 Å². The fourth-order valence-electron chi connectivity index (χ4n) is 2.80. The molecule has 1 amide bonds. The Morgan fingerprint density at radius 1 is 1.15 bits per heavy atom. The van der Waals surface area contributed by atoms with Crippen LogP contribution in [0.4, 0.5) is 0 Å². The van der Waals surface area contributed by atoms with Crippen molar-refractivity contribution in [3.05, 3.63) is 87.5 Å². The molecule has 0 bridgehead atoms. The Hall–Kier alpha value is -2.50. The number of pyridine rings is 1. The van der Waals surface area contributed by atoms with Crippen molar-refractivity contribution in [2.75, 3.05) is 0 Å². The SMILES string of the molecule is Cc1nc(-c2cccc(Br)c2)ccc1C(=O)NCc1ccc([C@H](C)O)cc1. The summed E-state index contributed by atoms with van der Waals surface area (Å²) >= 11 is 3.46. The molecule has 1 aromatic heterocycles. The van der Waals surface area contributed by atoms with Gasteiger partial charge < -0.3 is 10.4 Å². The predicted molar refractivity (Wildman–Crippen MR) is 110 cm³/mol. The monoisotopic (exact) mass is 424 g/mol. The van der Waals surface area contributed by atoms with E-state index in [2.05, 4.69) is 26.2 Å². The maximum absolute atomic E-state index is 12.5. The Kier molecular flexibility index (Phi) is 6.04. The Balaban J connectivity index is 1.69. The molecule has 0 saturated heterocycles. The zero-order valence-electron chi connectivity index (χ0n) is 15.2. The van der Waals surface area contributed by atoms with Gasteiger partial charge >= 0.3 is 0 Å². The van der Waals surface area contributed by atoms with Gasteiger partial charge in [0.05, 0.1) is 23.1 Å². The first-order valence-electron chi connectivity index (χ1n) is 8.73. The van der Waals surface area contributed by atoms with Crippen molar-refractivity contribution < 1.29 is 9.90 Å². The van der Waals surface area contributed by atoms with Crippen LogP contribution in [-0.2, 0) is 6.54 Å². The highest BCUT2D eigenvalue weighted by molar-refractivity contribution is 9.10. The molecule has 1 heterocycles. The lowest BCUT2D eigenvalue weighted by atomic mass is 10.1. The van der Waals surface area contributed by atoms with Crippen LogP contribution in [0.15, 0.2) is 65.1 Å². The Labute approximate surface area is 167 Å². The molecule has 3 rings (SSSR count). The lowest BCUT2D eigenvalue weighted by Crippen LogP contribution is -2.24. The third kappa shape index (κ3) is 4.81. The summed E-state index contributed by atoms with van der Waals surface area (Å²) in [5.74, 6) is -0.152. The van der Waals surface area contributed by atoms with Gasteiger partial charge in [-0.15, -0.1) is 0 Å². The molecular formula is C22H21BrN2O2. The van der Waals surface area contributed by atoms with Crippen molar-refractivity contribution >= 4 is 21.8 Å². The zero-order chi connectivity index (χ0) is 19.4. The first kappa shape index (κ1) is 19.3. The summed E-state index contributed by atoms with van der Waals surface area (Å²) in [6, 6.07) is 19.1. The highest BCUT2D eigenvalue weighted by Crippen LogP contribution is 2.22. The molecule has 1 atom stereocenters. The van der Waals surface area contributed by atoms with Crippen molar-refractivity contribution in [1.82, 2.24) is 10.3 Å². The van der Waals surface area contributed by atoms with E-state index >= 15 is 0 Å². The summed E-state index contributed by atoms with van der Waals surface area (Å²) in [6.07, 6.45) is -0.494. The van der Waals surface area contributed by atoms with E-state index in [-0.39, 0.29) is 5.91 Å². The van der Waals surface area contributed by atoms with E-state index in [0.717, 1.165) is 26.9 Å². The fourth-order valence-corrected chi connectivity index (χ4v) is 3.20. The molecule has 0 saturated carbocycles. The van der Waals surface area contributed by atoms with E-state index in [4.69, 9.17) is 0 Å². The second-order valence-corrected chi connectivity index (χ2v) is 7.36. The molecule has 5 heteroatoms. The van der Waals surface area contributed by atoms with Crippen molar-refractivity contribution in [3.8, 4) is 11.3 Å². The quantitative estimate of drug-likeness (QED) is 0.617. The maximum atomic E-state index is 12.5. The number of halogens is 1. The lowest BCUT2D eigenvalue weighted by molar-refractivity contribution is 0.0950. The highest BCUT2D eigenvalue weighted by Gasteiger charge is 2.11. The molecule has 4 nitrogen and oxygen atoms in total. The molecule has 0 aliphatic carbocycles. The summed E-state index contributed by atoms with van der Waals surface area (Å²) in [7, 11) is 0. The molecule has 0 spiro atoms. The summed E-state index contributed by atoms with van der Waals surface area (Å²) < 4.78 is 0.989. The number of aryl methyl sites for hydroxylation is 1. The molecule has 0 radical (unpaired) electrons. The number of hydrogen-bond acceptors (Lipinski definition) is 3. The van der Waals surface area contributed by atoms with Gasteiger partial charge in [-0.25, -0.2) is 0 Å². The molecule has 2 aromatic carbocycles. The second kappa shape index (κ2) is 8.46. The number of aliphatic hydroxyl groups excluding tert-OH is 1. The van der Waals surface area contributed by atoms with Gasteiger partial charge in [-0.3, -0.25) is 9.78 Å². The Morgan fingerprint density at radius 2 is 1.89 bits per heavy atom. The largest absolute Gasteiger partial charge is 0.389 e. The Morgan fingerprint density at radius 3 is 2.52 bits per heavy atom. The van der Waals surface area contributed by atoms with Crippen LogP contribution >= 0.6 is 15.9 Å². The van der Waals surface area contributed by atoms with E-state index in [1.165, 1.54) is 0 Å². The number of hydrogen-bond donors (Lipinski definition) is 2. The van der Waals surface area contributed by atoms with E-state index in [1.54, 1.807) is 6.92 Å². The van der Waals surface area contributed by atoms with Gasteiger partial charge in [-0.05, 0) is 49.2 Å². The van der Waals surface area contributed by atoms with E-state index in [0.29, 0.717) is 17.8 Å². The molecular weight excluding hydrogens is 404 g/mol. The Bertz CT molecular complexity index is 953. The molecule has 0 unspecified atom stereocenters. The van der Waals surface area contributed by atoms with Crippen molar-refractivity contribution in [3.63, 3.8) is 0 Å². The number of carbonyl (C=O) groups is 1. The van der Waals surface area contributed by atoms with E-state index in [1.807, 2.05) is 67.6 Å². The average molecular weight is 425 g/mol. The minimum absolute atomic E-state index is 0.152. The van der Waals surface area contributed by atoms with Crippen LogP contribution in [-0.4, -0.2) is 16.0 Å². The van der Waals surface area contributed by atoms with Gasteiger partial charge in [-0.2, -0.15) is 0 Å². The number of benzene rings is 2.